The number of ether oxygens (including phenoxy) is 1. The third-order valence-corrected chi connectivity index (χ3v) is 7.08. The Morgan fingerprint density at radius 1 is 1.07 bits per heavy atom. The van der Waals surface area contributed by atoms with Crippen molar-refractivity contribution in [3.8, 4) is 5.75 Å². The molecule has 1 amide bonds. The molecule has 1 aliphatic rings. The fourth-order valence-electron chi connectivity index (χ4n) is 3.26. The zero-order valence-corrected chi connectivity index (χ0v) is 16.6. The lowest BCUT2D eigenvalue weighted by molar-refractivity contribution is -0.274. The van der Waals surface area contributed by atoms with E-state index >= 15 is 0 Å². The highest BCUT2D eigenvalue weighted by Gasteiger charge is 2.36. The molecule has 0 aliphatic carbocycles. The maximum Gasteiger partial charge on any atom is 0.573 e. The van der Waals surface area contributed by atoms with Crippen LogP contribution in [0.3, 0.4) is 0 Å². The third-order valence-electron chi connectivity index (χ3n) is 4.62. The number of carbonyl (C=O) groups is 1. The Morgan fingerprint density at radius 3 is 2.41 bits per heavy atom. The highest BCUT2D eigenvalue weighted by molar-refractivity contribution is 7.91. The Labute approximate surface area is 170 Å². The number of carbonyl (C=O) groups excluding carboxylic acids is 1. The van der Waals surface area contributed by atoms with Crippen LogP contribution in [-0.2, 0) is 9.84 Å². The van der Waals surface area contributed by atoms with Crippen LogP contribution in [0.15, 0.2) is 48.5 Å². The van der Waals surface area contributed by atoms with Gasteiger partial charge in [-0.05, 0) is 30.2 Å². The van der Waals surface area contributed by atoms with Crippen LogP contribution in [0, 0.1) is 0 Å². The van der Waals surface area contributed by atoms with E-state index in [2.05, 4.69) is 4.74 Å². The van der Waals surface area contributed by atoms with Crippen LogP contribution < -0.4 is 4.74 Å². The average Bonchev–Trinajstić information content (AvgIpc) is 2.79. The van der Waals surface area contributed by atoms with Crippen molar-refractivity contribution in [2.45, 2.75) is 18.0 Å². The summed E-state index contributed by atoms with van der Waals surface area (Å²) in [4.78, 5) is 14.1. The first kappa shape index (κ1) is 21.4. The maximum atomic E-state index is 12.8. The highest BCUT2D eigenvalue weighted by atomic mass is 35.5. The van der Waals surface area contributed by atoms with Crippen LogP contribution in [0.1, 0.15) is 27.6 Å². The van der Waals surface area contributed by atoms with Gasteiger partial charge in [0, 0.05) is 18.1 Å². The van der Waals surface area contributed by atoms with Gasteiger partial charge in [-0.2, -0.15) is 0 Å². The summed E-state index contributed by atoms with van der Waals surface area (Å²) >= 11 is 6.15. The molecule has 10 heteroatoms. The fraction of sp³-hybridized carbons (Fsp3) is 0.316. The smallest absolute Gasteiger partial charge is 0.405 e. The quantitative estimate of drug-likeness (QED) is 0.706. The standard InChI is InChI=1S/C19H17ClF3NO4S/c20-15-7-3-1-5-13(15)17-9-10-24(11-12-29(17,26)27)18(25)14-6-2-4-8-16(14)28-19(21,22)23/h1-8,17H,9-12H2. The van der Waals surface area contributed by atoms with Crippen molar-refractivity contribution in [2.24, 2.45) is 0 Å². The second-order valence-electron chi connectivity index (χ2n) is 6.50. The monoisotopic (exact) mass is 447 g/mol. The molecule has 0 saturated carbocycles. The van der Waals surface area contributed by atoms with Crippen molar-refractivity contribution in [3.05, 3.63) is 64.7 Å². The largest absolute Gasteiger partial charge is 0.573 e. The number of amides is 1. The van der Waals surface area contributed by atoms with Gasteiger partial charge in [0.05, 0.1) is 16.6 Å². The Bertz CT molecular complexity index is 1010. The molecule has 29 heavy (non-hydrogen) atoms. The molecule has 0 radical (unpaired) electrons. The molecular formula is C19H17ClF3NO4S. The van der Waals surface area contributed by atoms with Crippen molar-refractivity contribution in [1.82, 2.24) is 4.90 Å². The number of para-hydroxylation sites is 1. The molecule has 2 aromatic rings. The number of halogens is 4. The van der Waals surface area contributed by atoms with E-state index in [-0.39, 0.29) is 30.8 Å². The van der Waals surface area contributed by atoms with Crippen molar-refractivity contribution in [3.63, 3.8) is 0 Å². The van der Waals surface area contributed by atoms with Gasteiger partial charge in [-0.1, -0.05) is 41.9 Å². The molecule has 1 fully saturated rings. The second-order valence-corrected chi connectivity index (χ2v) is 9.21. The summed E-state index contributed by atoms with van der Waals surface area (Å²) in [5, 5.41) is -0.583. The molecule has 0 N–H and O–H groups in total. The van der Waals surface area contributed by atoms with Gasteiger partial charge in [0.2, 0.25) is 0 Å². The first-order chi connectivity index (χ1) is 13.6. The lowest BCUT2D eigenvalue weighted by atomic mass is 10.1. The Hall–Kier alpha value is -2.26. The van der Waals surface area contributed by atoms with Gasteiger partial charge in [0.25, 0.3) is 5.91 Å². The van der Waals surface area contributed by atoms with E-state index in [0.717, 1.165) is 6.07 Å². The van der Waals surface area contributed by atoms with Crippen molar-refractivity contribution < 1.29 is 31.1 Å². The summed E-state index contributed by atoms with van der Waals surface area (Å²) in [6, 6.07) is 11.6. The second kappa shape index (κ2) is 8.23. The molecule has 0 spiro atoms. The van der Waals surface area contributed by atoms with Gasteiger partial charge in [0.15, 0.2) is 9.84 Å². The van der Waals surface area contributed by atoms with Crippen LogP contribution in [0.2, 0.25) is 5.02 Å². The maximum absolute atomic E-state index is 12.8. The first-order valence-corrected chi connectivity index (χ1v) is 10.8. The Balaban J connectivity index is 1.86. The van der Waals surface area contributed by atoms with E-state index in [4.69, 9.17) is 11.6 Å². The lowest BCUT2D eigenvalue weighted by Gasteiger charge is -2.22. The molecule has 5 nitrogen and oxygen atoms in total. The van der Waals surface area contributed by atoms with Crippen LogP contribution in [0.5, 0.6) is 5.75 Å². The predicted molar refractivity (Wildman–Crippen MR) is 102 cm³/mol. The highest BCUT2D eigenvalue weighted by Crippen LogP contribution is 2.34. The topological polar surface area (TPSA) is 63.7 Å². The minimum Gasteiger partial charge on any atom is -0.405 e. The van der Waals surface area contributed by atoms with Gasteiger partial charge in [-0.25, -0.2) is 8.42 Å². The van der Waals surface area contributed by atoms with E-state index in [9.17, 15) is 26.4 Å². The van der Waals surface area contributed by atoms with Crippen molar-refractivity contribution >= 4 is 27.3 Å². The molecule has 1 unspecified atom stereocenters. The zero-order chi connectivity index (χ0) is 21.2. The molecular weight excluding hydrogens is 431 g/mol. The van der Waals surface area contributed by atoms with E-state index in [1.54, 1.807) is 24.3 Å². The summed E-state index contributed by atoms with van der Waals surface area (Å²) in [5.41, 5.74) is 0.169. The van der Waals surface area contributed by atoms with E-state index in [0.29, 0.717) is 10.6 Å². The van der Waals surface area contributed by atoms with Gasteiger partial charge >= 0.3 is 6.36 Å². The Kier molecular flexibility index (Phi) is 6.09. The van der Waals surface area contributed by atoms with Crippen LogP contribution in [0.4, 0.5) is 13.2 Å². The number of benzene rings is 2. The SMILES string of the molecule is O=C(c1ccccc1OC(F)(F)F)N1CCC(c2ccccc2Cl)S(=O)(=O)CC1. The van der Waals surface area contributed by atoms with E-state index < -0.39 is 33.1 Å². The number of rotatable bonds is 3. The number of hydrogen-bond acceptors (Lipinski definition) is 4. The van der Waals surface area contributed by atoms with Gasteiger partial charge in [-0.15, -0.1) is 13.2 Å². The van der Waals surface area contributed by atoms with E-state index in [1.807, 2.05) is 0 Å². The summed E-state index contributed by atoms with van der Waals surface area (Å²) < 4.78 is 67.3. The normalized spacial score (nSPS) is 19.4. The Morgan fingerprint density at radius 2 is 1.72 bits per heavy atom. The fourth-order valence-corrected chi connectivity index (χ4v) is 5.41. The molecule has 156 valence electrons. The summed E-state index contributed by atoms with van der Waals surface area (Å²) in [6.07, 6.45) is -4.87. The molecule has 2 aromatic carbocycles. The van der Waals surface area contributed by atoms with Crippen LogP contribution in [0.25, 0.3) is 0 Å². The lowest BCUT2D eigenvalue weighted by Crippen LogP contribution is -2.34. The molecule has 1 saturated heterocycles. The van der Waals surface area contributed by atoms with Crippen molar-refractivity contribution in [1.29, 1.82) is 0 Å². The third kappa shape index (κ3) is 5.02. The van der Waals surface area contributed by atoms with Gasteiger partial charge in [-0.3, -0.25) is 4.79 Å². The molecule has 1 atom stereocenters. The molecule has 1 heterocycles. The summed E-state index contributed by atoms with van der Waals surface area (Å²) in [6.45, 7) is -0.0865. The van der Waals surface area contributed by atoms with Crippen LogP contribution in [-0.4, -0.2) is 44.4 Å². The summed E-state index contributed by atoms with van der Waals surface area (Å²) in [7, 11) is -3.61. The van der Waals surface area contributed by atoms with Gasteiger partial charge in [0.1, 0.15) is 5.75 Å². The molecule has 1 aliphatic heterocycles. The van der Waals surface area contributed by atoms with Gasteiger partial charge < -0.3 is 9.64 Å². The molecule has 3 rings (SSSR count). The number of alkyl halides is 3. The molecule has 0 bridgehead atoms. The minimum atomic E-state index is -4.95. The van der Waals surface area contributed by atoms with Crippen LogP contribution >= 0.6 is 11.6 Å². The first-order valence-electron chi connectivity index (χ1n) is 8.68. The number of hydrogen-bond donors (Lipinski definition) is 0. The molecule has 0 aromatic heterocycles. The minimum absolute atomic E-state index is 0.0499. The summed E-state index contributed by atoms with van der Waals surface area (Å²) in [5.74, 6) is -1.67. The number of sulfone groups is 1. The number of nitrogens with zero attached hydrogens (tertiary/aromatic N) is 1. The predicted octanol–water partition coefficient (Wildman–Crippen LogP) is 4.24. The van der Waals surface area contributed by atoms with E-state index in [1.165, 1.54) is 23.1 Å². The van der Waals surface area contributed by atoms with Crippen molar-refractivity contribution in [2.75, 3.05) is 18.8 Å². The zero-order valence-electron chi connectivity index (χ0n) is 15.0. The average molecular weight is 448 g/mol.